The Morgan fingerprint density at radius 3 is 2.57 bits per heavy atom. The second kappa shape index (κ2) is 11.6. The Morgan fingerprint density at radius 2 is 1.89 bits per heavy atom. The molecular weight excluding hydrogens is 516 g/mol. The number of nitrogens with zero attached hydrogens (tertiary/aromatic N) is 1. The lowest BCUT2D eigenvalue weighted by Crippen LogP contribution is -2.16. The fraction of sp³-hybridized carbons (Fsp3) is 0.250. The SMILES string of the molecule is CNCCCOc1cc(F)ccc1Oc1ncc(C(F)(F)F)cc1C(=O)Nc1cccc([S@](C)(=N)=O)c1. The van der Waals surface area contributed by atoms with Gasteiger partial charge in [-0.2, -0.15) is 13.2 Å². The largest absolute Gasteiger partial charge is 0.490 e. The highest BCUT2D eigenvalue weighted by Gasteiger charge is 2.33. The molecule has 0 aliphatic heterocycles. The Labute approximate surface area is 211 Å². The molecule has 3 rings (SSSR count). The van der Waals surface area contributed by atoms with E-state index in [1.807, 2.05) is 0 Å². The number of ether oxygens (including phenoxy) is 2. The van der Waals surface area contributed by atoms with Crippen molar-refractivity contribution < 1.29 is 36.0 Å². The third-order valence-corrected chi connectivity index (χ3v) is 6.06. The number of amides is 1. The molecule has 0 spiro atoms. The minimum atomic E-state index is -4.79. The molecule has 2 aromatic carbocycles. The zero-order valence-corrected chi connectivity index (χ0v) is 20.6. The first-order chi connectivity index (χ1) is 17.4. The number of hydrogen-bond donors (Lipinski definition) is 3. The van der Waals surface area contributed by atoms with Gasteiger partial charge in [-0.05, 0) is 56.4 Å². The van der Waals surface area contributed by atoms with Crippen LogP contribution in [0.25, 0.3) is 0 Å². The van der Waals surface area contributed by atoms with Crippen molar-refractivity contribution in [3.8, 4) is 17.4 Å². The minimum absolute atomic E-state index is 0.0231. The number of nitrogens with one attached hydrogen (secondary N) is 3. The number of rotatable bonds is 10. The maximum absolute atomic E-state index is 13.8. The number of benzene rings is 2. The van der Waals surface area contributed by atoms with Crippen LogP contribution in [0.3, 0.4) is 0 Å². The van der Waals surface area contributed by atoms with E-state index < -0.39 is 44.6 Å². The van der Waals surface area contributed by atoms with Gasteiger partial charge in [-0.15, -0.1) is 0 Å². The summed E-state index contributed by atoms with van der Waals surface area (Å²) in [7, 11) is -1.35. The lowest BCUT2D eigenvalue weighted by molar-refractivity contribution is -0.137. The first-order valence-corrected chi connectivity index (χ1v) is 12.8. The third kappa shape index (κ3) is 7.64. The Kier molecular flexibility index (Phi) is 8.71. The standard InChI is InChI=1S/C24H24F4N4O4S/c1-30-9-4-10-35-21-12-16(25)7-8-20(21)36-23-19(11-15(14-31-23)24(26,27)28)22(33)32-17-5-3-6-18(13-17)37(2,29)34/h3,5-8,11-14,29-30H,4,9-10H2,1-2H3,(H,32,33)/t37-/m1/s1. The van der Waals surface area contributed by atoms with Crippen LogP contribution in [0.5, 0.6) is 17.4 Å². The number of anilines is 1. The fourth-order valence-corrected chi connectivity index (χ4v) is 3.77. The van der Waals surface area contributed by atoms with Gasteiger partial charge in [0.15, 0.2) is 11.5 Å². The van der Waals surface area contributed by atoms with Crippen LogP contribution in [-0.4, -0.2) is 41.6 Å². The summed E-state index contributed by atoms with van der Waals surface area (Å²) >= 11 is 0. The van der Waals surface area contributed by atoms with Crippen LogP contribution >= 0.6 is 0 Å². The molecule has 198 valence electrons. The fourth-order valence-electron chi connectivity index (χ4n) is 3.08. The number of alkyl halides is 3. The summed E-state index contributed by atoms with van der Waals surface area (Å²) in [6, 6.07) is 9.47. The molecule has 0 fully saturated rings. The van der Waals surface area contributed by atoms with Crippen LogP contribution in [0.2, 0.25) is 0 Å². The molecule has 0 aliphatic carbocycles. The van der Waals surface area contributed by atoms with Gasteiger partial charge < -0.3 is 20.1 Å². The second-order valence-corrected chi connectivity index (χ2v) is 10.1. The van der Waals surface area contributed by atoms with Gasteiger partial charge in [0.05, 0.1) is 21.9 Å². The summed E-state index contributed by atoms with van der Waals surface area (Å²) in [5.41, 5.74) is -1.65. The number of carbonyl (C=O) groups is 1. The van der Waals surface area contributed by atoms with Gasteiger partial charge in [0.2, 0.25) is 5.88 Å². The van der Waals surface area contributed by atoms with Crippen molar-refractivity contribution in [2.45, 2.75) is 17.5 Å². The van der Waals surface area contributed by atoms with Crippen LogP contribution in [0.15, 0.2) is 59.6 Å². The summed E-state index contributed by atoms with van der Waals surface area (Å²) in [5.74, 6) is -2.19. The van der Waals surface area contributed by atoms with Gasteiger partial charge in [-0.25, -0.2) is 18.4 Å². The number of carbonyl (C=O) groups excluding carboxylic acids is 1. The molecule has 0 aliphatic rings. The van der Waals surface area contributed by atoms with Crippen LogP contribution in [-0.2, 0) is 15.9 Å². The quantitative estimate of drug-likeness (QED) is 0.237. The normalized spacial score (nSPS) is 13.0. The van der Waals surface area contributed by atoms with Crippen molar-refractivity contribution in [1.82, 2.24) is 10.3 Å². The molecule has 0 radical (unpaired) electrons. The molecular formula is C24H24F4N4O4S. The van der Waals surface area contributed by atoms with Crippen molar-refractivity contribution in [3.05, 3.63) is 71.7 Å². The number of halogens is 4. The van der Waals surface area contributed by atoms with E-state index in [1.54, 1.807) is 7.05 Å². The average molecular weight is 541 g/mol. The maximum atomic E-state index is 13.8. The van der Waals surface area contributed by atoms with Crippen molar-refractivity contribution in [2.75, 3.05) is 31.8 Å². The van der Waals surface area contributed by atoms with Crippen molar-refractivity contribution >= 4 is 21.3 Å². The molecule has 1 heterocycles. The Bertz CT molecular complexity index is 1380. The smallest absolute Gasteiger partial charge is 0.417 e. The van der Waals surface area contributed by atoms with E-state index >= 15 is 0 Å². The monoisotopic (exact) mass is 540 g/mol. The molecule has 0 saturated heterocycles. The van der Waals surface area contributed by atoms with Gasteiger partial charge in [-0.1, -0.05) is 6.07 Å². The van der Waals surface area contributed by atoms with Crippen molar-refractivity contribution in [3.63, 3.8) is 0 Å². The summed E-state index contributed by atoms with van der Waals surface area (Å²) in [6.45, 7) is 0.825. The average Bonchev–Trinajstić information content (AvgIpc) is 2.82. The Hall–Kier alpha value is -3.71. The predicted octanol–water partition coefficient (Wildman–Crippen LogP) is 5.31. The van der Waals surface area contributed by atoms with E-state index in [4.69, 9.17) is 14.3 Å². The molecule has 1 amide bonds. The first-order valence-electron chi connectivity index (χ1n) is 10.9. The van der Waals surface area contributed by atoms with E-state index in [-0.39, 0.29) is 28.7 Å². The Morgan fingerprint density at radius 1 is 1.14 bits per heavy atom. The van der Waals surface area contributed by atoms with Crippen LogP contribution in [0.4, 0.5) is 23.2 Å². The number of hydrogen-bond acceptors (Lipinski definition) is 7. The molecule has 1 atom stereocenters. The van der Waals surface area contributed by atoms with Gasteiger partial charge in [-0.3, -0.25) is 4.79 Å². The first kappa shape index (κ1) is 27.9. The molecule has 8 nitrogen and oxygen atoms in total. The predicted molar refractivity (Wildman–Crippen MR) is 129 cm³/mol. The Balaban J connectivity index is 1.97. The van der Waals surface area contributed by atoms with Crippen LogP contribution in [0, 0.1) is 10.6 Å². The van der Waals surface area contributed by atoms with E-state index in [0.717, 1.165) is 12.1 Å². The van der Waals surface area contributed by atoms with Gasteiger partial charge >= 0.3 is 6.18 Å². The topological polar surface area (TPSA) is 113 Å². The zero-order chi connectivity index (χ0) is 27.2. The molecule has 3 N–H and O–H groups in total. The summed E-state index contributed by atoms with van der Waals surface area (Å²) < 4.78 is 84.9. The maximum Gasteiger partial charge on any atom is 0.417 e. The molecule has 0 unspecified atom stereocenters. The highest BCUT2D eigenvalue weighted by molar-refractivity contribution is 7.91. The zero-order valence-electron chi connectivity index (χ0n) is 19.8. The molecule has 0 bridgehead atoms. The number of pyridine rings is 1. The molecule has 0 saturated carbocycles. The van der Waals surface area contributed by atoms with E-state index in [1.165, 1.54) is 36.6 Å². The van der Waals surface area contributed by atoms with Crippen molar-refractivity contribution in [1.29, 1.82) is 4.78 Å². The molecule has 3 aromatic rings. The summed E-state index contributed by atoms with van der Waals surface area (Å²) in [5, 5.41) is 5.34. The number of aromatic nitrogens is 1. The molecule has 1 aromatic heterocycles. The third-order valence-electron chi connectivity index (χ3n) is 4.91. The van der Waals surface area contributed by atoms with E-state index in [9.17, 15) is 26.6 Å². The van der Waals surface area contributed by atoms with E-state index in [2.05, 4.69) is 15.6 Å². The highest BCUT2D eigenvalue weighted by atomic mass is 32.2. The lowest BCUT2D eigenvalue weighted by atomic mass is 10.1. The molecule has 13 heteroatoms. The van der Waals surface area contributed by atoms with Gasteiger partial charge in [0, 0.05) is 29.1 Å². The summed E-state index contributed by atoms with van der Waals surface area (Å²) in [6.07, 6.45) is -2.51. The van der Waals surface area contributed by atoms with Crippen LogP contribution in [0.1, 0.15) is 22.3 Å². The van der Waals surface area contributed by atoms with E-state index in [0.29, 0.717) is 25.2 Å². The summed E-state index contributed by atoms with van der Waals surface area (Å²) in [4.78, 5) is 16.8. The lowest BCUT2D eigenvalue weighted by Gasteiger charge is -2.16. The van der Waals surface area contributed by atoms with Crippen molar-refractivity contribution in [2.24, 2.45) is 0 Å². The van der Waals surface area contributed by atoms with Crippen LogP contribution < -0.4 is 20.1 Å². The minimum Gasteiger partial charge on any atom is -0.490 e. The highest BCUT2D eigenvalue weighted by Crippen LogP contribution is 2.36. The molecule has 37 heavy (non-hydrogen) atoms. The second-order valence-electron chi connectivity index (χ2n) is 7.90. The van der Waals surface area contributed by atoms with Gasteiger partial charge in [0.25, 0.3) is 5.91 Å². The van der Waals surface area contributed by atoms with Gasteiger partial charge in [0.1, 0.15) is 11.4 Å².